The number of hydrogen-bond donors (Lipinski definition) is 0. The molecule has 2 aromatic carbocycles. The number of rotatable bonds is 8. The van der Waals surface area contributed by atoms with Gasteiger partial charge in [-0.3, -0.25) is 0 Å². The third kappa shape index (κ3) is 5.09. The van der Waals surface area contributed by atoms with E-state index in [2.05, 4.69) is 47.1 Å². The molecule has 0 fully saturated rings. The molecular weight excluding hydrogens is 328 g/mol. The van der Waals surface area contributed by atoms with E-state index in [9.17, 15) is 0 Å². The van der Waals surface area contributed by atoms with Gasteiger partial charge in [0.25, 0.3) is 0 Å². The number of ether oxygens (including phenoxy) is 2. The molecule has 1 atom stereocenters. The van der Waals surface area contributed by atoms with Crippen LogP contribution in [0.5, 0.6) is 11.5 Å². The van der Waals surface area contributed by atoms with Gasteiger partial charge in [0.2, 0.25) is 0 Å². The molecule has 0 bridgehead atoms. The molecule has 0 aromatic heterocycles. The lowest BCUT2D eigenvalue weighted by Gasteiger charge is -2.16. The summed E-state index contributed by atoms with van der Waals surface area (Å²) in [6.07, 6.45) is 1.02. The largest absolute Gasteiger partial charge is 0.494 e. The highest BCUT2D eigenvalue weighted by atomic mass is 79.9. The van der Waals surface area contributed by atoms with Crippen LogP contribution in [0.3, 0.4) is 0 Å². The molecule has 2 rings (SSSR count). The van der Waals surface area contributed by atoms with Crippen molar-refractivity contribution < 1.29 is 9.47 Å². The standard InChI is InChI=1S/C18H21BrO2/c1-2-12-20-17-8-10-18(11-9-17)21-14-16(13-19)15-6-4-3-5-7-15/h3-11,16H,2,12-14H2,1H3. The van der Waals surface area contributed by atoms with Crippen LogP contribution in [0.1, 0.15) is 24.8 Å². The fourth-order valence-corrected chi connectivity index (χ4v) is 2.56. The Hall–Kier alpha value is -1.48. The minimum Gasteiger partial charge on any atom is -0.494 e. The third-order valence-electron chi connectivity index (χ3n) is 3.21. The van der Waals surface area contributed by atoms with E-state index in [1.165, 1.54) is 5.56 Å². The summed E-state index contributed by atoms with van der Waals surface area (Å²) in [5.74, 6) is 2.12. The van der Waals surface area contributed by atoms with Crippen LogP contribution in [-0.2, 0) is 0 Å². The van der Waals surface area contributed by atoms with Crippen molar-refractivity contribution in [2.45, 2.75) is 19.3 Å². The van der Waals surface area contributed by atoms with E-state index in [0.29, 0.717) is 12.5 Å². The highest BCUT2D eigenvalue weighted by Crippen LogP contribution is 2.22. The van der Waals surface area contributed by atoms with Crippen LogP contribution in [0.2, 0.25) is 0 Å². The lowest BCUT2D eigenvalue weighted by atomic mass is 10.0. The summed E-state index contributed by atoms with van der Waals surface area (Å²) in [5.41, 5.74) is 1.29. The first-order valence-electron chi connectivity index (χ1n) is 7.30. The Bertz CT molecular complexity index is 511. The molecule has 21 heavy (non-hydrogen) atoms. The Morgan fingerprint density at radius 1 is 0.905 bits per heavy atom. The topological polar surface area (TPSA) is 18.5 Å². The minimum absolute atomic E-state index is 0.349. The van der Waals surface area contributed by atoms with E-state index in [-0.39, 0.29) is 0 Å². The summed E-state index contributed by atoms with van der Waals surface area (Å²) < 4.78 is 11.5. The van der Waals surface area contributed by atoms with E-state index in [0.717, 1.165) is 29.9 Å². The molecule has 0 saturated heterocycles. The van der Waals surface area contributed by atoms with Crippen LogP contribution in [0.15, 0.2) is 54.6 Å². The molecule has 0 N–H and O–H groups in total. The first kappa shape index (κ1) is 15.9. The van der Waals surface area contributed by atoms with Crippen molar-refractivity contribution in [3.8, 4) is 11.5 Å². The molecule has 0 aliphatic rings. The smallest absolute Gasteiger partial charge is 0.119 e. The van der Waals surface area contributed by atoms with Gasteiger partial charge in [0.05, 0.1) is 13.2 Å². The Morgan fingerprint density at radius 3 is 2.10 bits per heavy atom. The van der Waals surface area contributed by atoms with Gasteiger partial charge in [0.1, 0.15) is 11.5 Å². The number of hydrogen-bond acceptors (Lipinski definition) is 2. The van der Waals surface area contributed by atoms with Crippen LogP contribution in [0.4, 0.5) is 0 Å². The molecule has 3 heteroatoms. The Kier molecular flexibility index (Phi) is 6.61. The molecule has 2 aromatic rings. The van der Waals surface area contributed by atoms with E-state index < -0.39 is 0 Å². The molecule has 0 aliphatic carbocycles. The van der Waals surface area contributed by atoms with Gasteiger partial charge in [-0.1, -0.05) is 53.2 Å². The molecule has 0 aliphatic heterocycles. The summed E-state index contributed by atoms with van der Waals surface area (Å²) >= 11 is 3.57. The third-order valence-corrected chi connectivity index (χ3v) is 3.99. The summed E-state index contributed by atoms with van der Waals surface area (Å²) in [5, 5.41) is 0.884. The molecule has 0 heterocycles. The molecule has 112 valence electrons. The fraction of sp³-hybridized carbons (Fsp3) is 0.333. The average Bonchev–Trinajstić information content (AvgIpc) is 2.55. The highest BCUT2D eigenvalue weighted by Gasteiger charge is 2.10. The number of halogens is 1. The van der Waals surface area contributed by atoms with Crippen LogP contribution < -0.4 is 9.47 Å². The van der Waals surface area contributed by atoms with Crippen molar-refractivity contribution in [2.24, 2.45) is 0 Å². The van der Waals surface area contributed by atoms with Gasteiger partial charge >= 0.3 is 0 Å². The normalized spacial score (nSPS) is 11.9. The van der Waals surface area contributed by atoms with Crippen LogP contribution >= 0.6 is 15.9 Å². The Morgan fingerprint density at radius 2 is 1.52 bits per heavy atom. The molecule has 0 saturated carbocycles. The summed E-state index contributed by atoms with van der Waals surface area (Å²) in [4.78, 5) is 0. The second kappa shape index (κ2) is 8.73. The van der Waals surface area contributed by atoms with Gasteiger partial charge in [-0.25, -0.2) is 0 Å². The van der Waals surface area contributed by atoms with Gasteiger partial charge in [-0.2, -0.15) is 0 Å². The van der Waals surface area contributed by atoms with Gasteiger partial charge in [0, 0.05) is 11.2 Å². The number of alkyl halides is 1. The number of benzene rings is 2. The second-order valence-electron chi connectivity index (χ2n) is 4.89. The van der Waals surface area contributed by atoms with Gasteiger partial charge in [0.15, 0.2) is 0 Å². The molecule has 0 spiro atoms. The van der Waals surface area contributed by atoms with Crippen LogP contribution in [-0.4, -0.2) is 18.5 Å². The van der Waals surface area contributed by atoms with Crippen molar-refractivity contribution in [3.63, 3.8) is 0 Å². The molecule has 0 amide bonds. The van der Waals surface area contributed by atoms with Crippen molar-refractivity contribution >= 4 is 15.9 Å². The average molecular weight is 349 g/mol. The summed E-state index contributed by atoms with van der Waals surface area (Å²) in [6, 6.07) is 18.3. The maximum Gasteiger partial charge on any atom is 0.119 e. The minimum atomic E-state index is 0.349. The second-order valence-corrected chi connectivity index (χ2v) is 5.54. The zero-order valence-electron chi connectivity index (χ0n) is 12.3. The van der Waals surface area contributed by atoms with Crippen molar-refractivity contribution in [2.75, 3.05) is 18.5 Å². The summed E-state index contributed by atoms with van der Waals surface area (Å²) in [7, 11) is 0. The van der Waals surface area contributed by atoms with E-state index in [1.54, 1.807) is 0 Å². The van der Waals surface area contributed by atoms with Crippen molar-refractivity contribution in [3.05, 3.63) is 60.2 Å². The molecule has 0 radical (unpaired) electrons. The molecule has 2 nitrogen and oxygen atoms in total. The SMILES string of the molecule is CCCOc1ccc(OCC(CBr)c2ccccc2)cc1. The lowest BCUT2D eigenvalue weighted by molar-refractivity contribution is 0.295. The highest BCUT2D eigenvalue weighted by molar-refractivity contribution is 9.09. The van der Waals surface area contributed by atoms with Crippen molar-refractivity contribution in [1.29, 1.82) is 0 Å². The van der Waals surface area contributed by atoms with Crippen molar-refractivity contribution in [1.82, 2.24) is 0 Å². The lowest BCUT2D eigenvalue weighted by Crippen LogP contribution is -2.11. The monoisotopic (exact) mass is 348 g/mol. The maximum atomic E-state index is 5.89. The first-order chi connectivity index (χ1) is 10.3. The van der Waals surface area contributed by atoms with Gasteiger partial charge < -0.3 is 9.47 Å². The zero-order chi connectivity index (χ0) is 14.9. The maximum absolute atomic E-state index is 5.89. The predicted molar refractivity (Wildman–Crippen MR) is 90.7 cm³/mol. The summed E-state index contributed by atoms with van der Waals surface area (Å²) in [6.45, 7) is 3.51. The quantitative estimate of drug-likeness (QED) is 0.622. The van der Waals surface area contributed by atoms with E-state index >= 15 is 0 Å². The van der Waals surface area contributed by atoms with E-state index in [1.807, 2.05) is 30.3 Å². The Balaban J connectivity index is 1.89. The van der Waals surface area contributed by atoms with Crippen LogP contribution in [0.25, 0.3) is 0 Å². The zero-order valence-corrected chi connectivity index (χ0v) is 13.9. The fourth-order valence-electron chi connectivity index (χ4n) is 2.00. The van der Waals surface area contributed by atoms with Crippen LogP contribution in [0, 0.1) is 0 Å². The first-order valence-corrected chi connectivity index (χ1v) is 8.42. The predicted octanol–water partition coefficient (Wildman–Crippen LogP) is 5.03. The van der Waals surface area contributed by atoms with E-state index in [4.69, 9.17) is 9.47 Å². The Labute approximate surface area is 135 Å². The van der Waals surface area contributed by atoms with Gasteiger partial charge in [-0.15, -0.1) is 0 Å². The van der Waals surface area contributed by atoms with Gasteiger partial charge in [-0.05, 0) is 36.2 Å². The molecular formula is C18H21BrO2. The molecule has 1 unspecified atom stereocenters.